The van der Waals surface area contributed by atoms with E-state index < -0.39 is 0 Å². The summed E-state index contributed by atoms with van der Waals surface area (Å²) in [6.45, 7) is 11.3. The Bertz CT molecular complexity index is 1090. The molecule has 3 aromatic rings. The van der Waals surface area contributed by atoms with Crippen molar-refractivity contribution in [2.24, 2.45) is 0 Å². The summed E-state index contributed by atoms with van der Waals surface area (Å²) in [6, 6.07) is 9.98. The summed E-state index contributed by atoms with van der Waals surface area (Å²) in [5.41, 5.74) is 5.55. The summed E-state index contributed by atoms with van der Waals surface area (Å²) in [6.07, 6.45) is 1.28. The average molecular weight is 509 g/mol. The zero-order valence-electron chi connectivity index (χ0n) is 19.4. The second kappa shape index (κ2) is 11.6. The molecule has 0 spiro atoms. The van der Waals surface area contributed by atoms with Crippen LogP contribution in [-0.4, -0.2) is 55.2 Å². The Morgan fingerprint density at radius 1 is 1.15 bits per heavy atom. The van der Waals surface area contributed by atoms with E-state index in [0.717, 1.165) is 60.2 Å². The van der Waals surface area contributed by atoms with E-state index in [1.165, 1.54) is 28.0 Å². The molecule has 8 heteroatoms. The standard InChI is InChI=1S/C25H30ClN3O2S.ClH/c1-17-13-18(2)21(19(3)14-17)16-24(30)29(8-4-7-28-9-11-31-12-10-28)25-27-22-6-5-20(26)15-23(22)32-25;/h5-6,13-15H,4,7-12,16H2,1-3H3;1H. The van der Waals surface area contributed by atoms with E-state index in [4.69, 9.17) is 21.3 Å². The van der Waals surface area contributed by atoms with Crippen LogP contribution in [0.2, 0.25) is 5.02 Å². The van der Waals surface area contributed by atoms with Crippen LogP contribution < -0.4 is 4.90 Å². The Morgan fingerprint density at radius 3 is 2.55 bits per heavy atom. The van der Waals surface area contributed by atoms with Crippen molar-refractivity contribution in [1.82, 2.24) is 9.88 Å². The number of fused-ring (bicyclic) bond motifs is 1. The minimum Gasteiger partial charge on any atom is -0.379 e. The molecule has 0 N–H and O–H groups in total. The quantitative estimate of drug-likeness (QED) is 0.417. The van der Waals surface area contributed by atoms with Gasteiger partial charge in [0.15, 0.2) is 5.13 Å². The largest absolute Gasteiger partial charge is 0.379 e. The van der Waals surface area contributed by atoms with E-state index in [2.05, 4.69) is 37.8 Å². The van der Waals surface area contributed by atoms with Gasteiger partial charge in [-0.15, -0.1) is 12.4 Å². The molecule has 1 saturated heterocycles. The molecule has 1 aromatic heterocycles. The first-order chi connectivity index (χ1) is 15.4. The van der Waals surface area contributed by atoms with E-state index >= 15 is 0 Å². The molecule has 0 bridgehead atoms. The number of carbonyl (C=O) groups is 1. The van der Waals surface area contributed by atoms with E-state index in [1.807, 2.05) is 23.1 Å². The van der Waals surface area contributed by atoms with Gasteiger partial charge >= 0.3 is 0 Å². The maximum absolute atomic E-state index is 13.6. The van der Waals surface area contributed by atoms with Gasteiger partial charge in [0.1, 0.15) is 0 Å². The summed E-state index contributed by atoms with van der Waals surface area (Å²) >= 11 is 7.71. The van der Waals surface area contributed by atoms with Crippen molar-refractivity contribution in [2.75, 3.05) is 44.3 Å². The van der Waals surface area contributed by atoms with Crippen LogP contribution in [0, 0.1) is 20.8 Å². The highest BCUT2D eigenvalue weighted by molar-refractivity contribution is 7.22. The number of ether oxygens (including phenoxy) is 1. The van der Waals surface area contributed by atoms with Crippen molar-refractivity contribution in [3.63, 3.8) is 0 Å². The second-order valence-corrected chi connectivity index (χ2v) is 9.96. The summed E-state index contributed by atoms with van der Waals surface area (Å²) in [5, 5.41) is 1.43. The highest BCUT2D eigenvalue weighted by atomic mass is 35.5. The fraction of sp³-hybridized carbons (Fsp3) is 0.440. The Labute approximate surface area is 211 Å². The average Bonchev–Trinajstić information content (AvgIpc) is 3.17. The number of nitrogens with zero attached hydrogens (tertiary/aromatic N) is 3. The number of anilines is 1. The molecule has 33 heavy (non-hydrogen) atoms. The lowest BCUT2D eigenvalue weighted by molar-refractivity contribution is -0.118. The lowest BCUT2D eigenvalue weighted by atomic mass is 9.97. The van der Waals surface area contributed by atoms with Crippen LogP contribution in [0.25, 0.3) is 10.2 Å². The highest BCUT2D eigenvalue weighted by Crippen LogP contribution is 2.31. The number of hydrogen-bond acceptors (Lipinski definition) is 5. The second-order valence-electron chi connectivity index (χ2n) is 8.52. The topological polar surface area (TPSA) is 45.7 Å². The van der Waals surface area contributed by atoms with Crippen molar-refractivity contribution < 1.29 is 9.53 Å². The monoisotopic (exact) mass is 507 g/mol. The molecule has 0 unspecified atom stereocenters. The van der Waals surface area contributed by atoms with E-state index in [1.54, 1.807) is 0 Å². The minimum atomic E-state index is 0. The van der Waals surface area contributed by atoms with Gasteiger partial charge in [-0.25, -0.2) is 4.98 Å². The Hall–Kier alpha value is -1.70. The van der Waals surface area contributed by atoms with Gasteiger partial charge in [0.2, 0.25) is 5.91 Å². The smallest absolute Gasteiger partial charge is 0.233 e. The van der Waals surface area contributed by atoms with Gasteiger partial charge in [-0.2, -0.15) is 0 Å². The molecular weight excluding hydrogens is 477 g/mol. The fourth-order valence-corrected chi connectivity index (χ4v) is 5.63. The van der Waals surface area contributed by atoms with Crippen LogP contribution >= 0.6 is 35.3 Å². The number of thiazole rings is 1. The third-order valence-electron chi connectivity index (χ3n) is 6.00. The van der Waals surface area contributed by atoms with Crippen molar-refractivity contribution in [3.8, 4) is 0 Å². The zero-order chi connectivity index (χ0) is 22.7. The number of hydrogen-bond donors (Lipinski definition) is 0. The molecule has 0 aliphatic carbocycles. The number of benzene rings is 2. The number of aromatic nitrogens is 1. The fourth-order valence-electron chi connectivity index (χ4n) is 4.34. The predicted molar refractivity (Wildman–Crippen MR) is 140 cm³/mol. The van der Waals surface area contributed by atoms with Gasteiger partial charge in [-0.1, -0.05) is 40.6 Å². The van der Waals surface area contributed by atoms with Crippen LogP contribution in [0.4, 0.5) is 5.13 Å². The number of morpholine rings is 1. The Kier molecular flexibility index (Phi) is 9.13. The van der Waals surface area contributed by atoms with E-state index in [0.29, 0.717) is 18.0 Å². The zero-order valence-corrected chi connectivity index (χ0v) is 21.8. The summed E-state index contributed by atoms with van der Waals surface area (Å²) in [4.78, 5) is 22.6. The maximum atomic E-state index is 13.6. The van der Waals surface area contributed by atoms with Crippen LogP contribution in [0.3, 0.4) is 0 Å². The van der Waals surface area contributed by atoms with Crippen LogP contribution in [0.5, 0.6) is 0 Å². The first-order valence-corrected chi connectivity index (χ1v) is 12.3. The Morgan fingerprint density at radius 2 is 1.85 bits per heavy atom. The van der Waals surface area contributed by atoms with Gasteiger partial charge in [-0.05, 0) is 62.1 Å². The lowest BCUT2D eigenvalue weighted by Crippen LogP contribution is -2.39. The SMILES string of the molecule is Cc1cc(C)c(CC(=O)N(CCCN2CCOCC2)c2nc3ccc(Cl)cc3s2)c(C)c1.Cl. The third kappa shape index (κ3) is 6.46. The molecule has 178 valence electrons. The van der Waals surface area contributed by atoms with E-state index in [-0.39, 0.29) is 18.3 Å². The first kappa shape index (κ1) is 25.9. The molecule has 1 aliphatic heterocycles. The van der Waals surface area contributed by atoms with Crippen LogP contribution in [-0.2, 0) is 16.0 Å². The van der Waals surface area contributed by atoms with Crippen LogP contribution in [0.15, 0.2) is 30.3 Å². The molecule has 0 radical (unpaired) electrons. The number of aryl methyl sites for hydroxylation is 3. The van der Waals surface area contributed by atoms with Crippen molar-refractivity contribution in [2.45, 2.75) is 33.6 Å². The summed E-state index contributed by atoms with van der Waals surface area (Å²) in [7, 11) is 0. The molecule has 2 heterocycles. The molecule has 4 rings (SSSR count). The van der Waals surface area contributed by atoms with Crippen molar-refractivity contribution >= 4 is 56.6 Å². The van der Waals surface area contributed by atoms with Gasteiger partial charge in [0.25, 0.3) is 0 Å². The maximum Gasteiger partial charge on any atom is 0.233 e. The van der Waals surface area contributed by atoms with Crippen LogP contribution in [0.1, 0.15) is 28.7 Å². The summed E-state index contributed by atoms with van der Waals surface area (Å²) in [5.74, 6) is 0.0900. The molecule has 5 nitrogen and oxygen atoms in total. The van der Waals surface area contributed by atoms with Gasteiger partial charge in [-0.3, -0.25) is 14.6 Å². The normalized spacial score (nSPS) is 14.3. The predicted octanol–water partition coefficient (Wildman–Crippen LogP) is 5.59. The molecule has 0 atom stereocenters. The third-order valence-corrected chi connectivity index (χ3v) is 7.28. The lowest BCUT2D eigenvalue weighted by Gasteiger charge is -2.28. The Balaban J connectivity index is 0.00000306. The molecule has 1 amide bonds. The first-order valence-electron chi connectivity index (χ1n) is 11.1. The number of rotatable bonds is 7. The highest BCUT2D eigenvalue weighted by Gasteiger charge is 2.22. The van der Waals surface area contributed by atoms with Gasteiger partial charge < -0.3 is 4.74 Å². The number of amides is 1. The molecule has 2 aromatic carbocycles. The van der Waals surface area contributed by atoms with E-state index in [9.17, 15) is 4.79 Å². The van der Waals surface area contributed by atoms with Crippen molar-refractivity contribution in [1.29, 1.82) is 0 Å². The molecule has 1 fully saturated rings. The minimum absolute atomic E-state index is 0. The summed E-state index contributed by atoms with van der Waals surface area (Å²) < 4.78 is 6.45. The molecule has 1 aliphatic rings. The van der Waals surface area contributed by atoms with Crippen molar-refractivity contribution in [3.05, 3.63) is 57.6 Å². The number of carbonyl (C=O) groups excluding carboxylic acids is 1. The van der Waals surface area contributed by atoms with Gasteiger partial charge in [0.05, 0.1) is 29.9 Å². The number of halogens is 2. The molecule has 0 saturated carbocycles. The van der Waals surface area contributed by atoms with Gasteiger partial charge in [0, 0.05) is 31.2 Å². The molecular formula is C25H31Cl2N3O2S.